The van der Waals surface area contributed by atoms with Crippen LogP contribution < -0.4 is 0 Å². The van der Waals surface area contributed by atoms with Gasteiger partial charge in [-0.25, -0.2) is 4.98 Å². The molecule has 14 heavy (non-hydrogen) atoms. The van der Waals surface area contributed by atoms with E-state index in [1.807, 2.05) is 18.3 Å². The van der Waals surface area contributed by atoms with Crippen molar-refractivity contribution in [1.29, 1.82) is 0 Å². The van der Waals surface area contributed by atoms with Crippen LogP contribution in [-0.2, 0) is 11.5 Å². The van der Waals surface area contributed by atoms with Crippen LogP contribution in [-0.4, -0.2) is 4.98 Å². The van der Waals surface area contributed by atoms with Gasteiger partial charge in [0.15, 0.2) is 4.47 Å². The molecular formula is C9H8ClNOS2. The van der Waals surface area contributed by atoms with E-state index in [1.54, 1.807) is 18.0 Å². The lowest BCUT2D eigenvalue weighted by Gasteiger charge is -1.94. The topological polar surface area (TPSA) is 26.0 Å². The number of rotatable bonds is 4. The highest BCUT2D eigenvalue weighted by molar-refractivity contribution is 7.97. The third kappa shape index (κ3) is 2.77. The van der Waals surface area contributed by atoms with Gasteiger partial charge in [0.05, 0.1) is 12.0 Å². The standard InChI is InChI=1S/C9H8ClNOS2/c10-9-11-4-8(14-9)6-13-5-7-2-1-3-12-7/h1-4H,5-6H2. The molecule has 2 nitrogen and oxygen atoms in total. The van der Waals surface area contributed by atoms with E-state index < -0.39 is 0 Å². The van der Waals surface area contributed by atoms with Crippen molar-refractivity contribution in [3.05, 3.63) is 39.7 Å². The molecule has 0 unspecified atom stereocenters. The van der Waals surface area contributed by atoms with Gasteiger partial charge in [0.1, 0.15) is 5.76 Å². The molecule has 2 rings (SSSR count). The summed E-state index contributed by atoms with van der Waals surface area (Å²) in [6.07, 6.45) is 3.52. The summed E-state index contributed by atoms with van der Waals surface area (Å²) in [5.74, 6) is 2.83. The summed E-state index contributed by atoms with van der Waals surface area (Å²) >= 11 is 9.04. The summed E-state index contributed by atoms with van der Waals surface area (Å²) in [4.78, 5) is 5.18. The minimum atomic E-state index is 0.610. The number of hydrogen-bond donors (Lipinski definition) is 0. The molecule has 0 saturated heterocycles. The number of halogens is 1. The molecule has 0 radical (unpaired) electrons. The van der Waals surface area contributed by atoms with E-state index in [0.717, 1.165) is 17.3 Å². The molecule has 0 bridgehead atoms. The average Bonchev–Trinajstić information content (AvgIpc) is 2.77. The molecule has 0 amide bonds. The van der Waals surface area contributed by atoms with E-state index in [4.69, 9.17) is 16.0 Å². The lowest BCUT2D eigenvalue weighted by atomic mass is 10.5. The van der Waals surface area contributed by atoms with Crippen molar-refractivity contribution in [1.82, 2.24) is 4.98 Å². The Bertz CT molecular complexity index is 385. The monoisotopic (exact) mass is 245 g/mol. The van der Waals surface area contributed by atoms with Crippen LogP contribution in [0.5, 0.6) is 0 Å². The number of furan rings is 1. The lowest BCUT2D eigenvalue weighted by molar-refractivity contribution is 0.530. The van der Waals surface area contributed by atoms with Crippen LogP contribution in [0, 0.1) is 0 Å². The minimum Gasteiger partial charge on any atom is -0.468 e. The van der Waals surface area contributed by atoms with Gasteiger partial charge in [-0.2, -0.15) is 0 Å². The first-order valence-electron chi connectivity index (χ1n) is 4.05. The fourth-order valence-corrected chi connectivity index (χ4v) is 3.00. The van der Waals surface area contributed by atoms with Gasteiger partial charge in [-0.15, -0.1) is 23.1 Å². The summed E-state index contributed by atoms with van der Waals surface area (Å²) in [5, 5.41) is 0. The summed E-state index contributed by atoms with van der Waals surface area (Å²) in [7, 11) is 0. The highest BCUT2D eigenvalue weighted by atomic mass is 35.5. The fourth-order valence-electron chi connectivity index (χ4n) is 0.997. The van der Waals surface area contributed by atoms with Crippen molar-refractivity contribution in [2.75, 3.05) is 0 Å². The number of nitrogens with zero attached hydrogens (tertiary/aromatic N) is 1. The predicted octanol–water partition coefficient (Wildman–Crippen LogP) is 3.82. The molecule has 0 spiro atoms. The number of thioether (sulfide) groups is 1. The van der Waals surface area contributed by atoms with Gasteiger partial charge in [-0.1, -0.05) is 11.6 Å². The number of thiazole rings is 1. The summed E-state index contributed by atoms with van der Waals surface area (Å²) < 4.78 is 5.83. The van der Waals surface area contributed by atoms with Gasteiger partial charge in [-0.05, 0) is 12.1 Å². The maximum Gasteiger partial charge on any atom is 0.183 e. The fraction of sp³-hybridized carbons (Fsp3) is 0.222. The van der Waals surface area contributed by atoms with E-state index in [9.17, 15) is 0 Å². The zero-order valence-electron chi connectivity index (χ0n) is 7.27. The third-order valence-corrected chi connectivity index (χ3v) is 3.90. The molecule has 0 aliphatic carbocycles. The van der Waals surface area contributed by atoms with E-state index in [0.29, 0.717) is 4.47 Å². The van der Waals surface area contributed by atoms with Gasteiger partial charge in [0.2, 0.25) is 0 Å². The Morgan fingerprint density at radius 3 is 3.07 bits per heavy atom. The van der Waals surface area contributed by atoms with Crippen molar-refractivity contribution in [3.63, 3.8) is 0 Å². The van der Waals surface area contributed by atoms with Crippen LogP contribution in [0.25, 0.3) is 0 Å². The molecule has 0 aromatic carbocycles. The number of aromatic nitrogens is 1. The molecule has 2 aromatic heterocycles. The lowest BCUT2D eigenvalue weighted by Crippen LogP contribution is -1.76. The van der Waals surface area contributed by atoms with Crippen molar-refractivity contribution >= 4 is 34.7 Å². The maximum absolute atomic E-state index is 5.72. The average molecular weight is 246 g/mol. The molecule has 74 valence electrons. The van der Waals surface area contributed by atoms with Gasteiger partial charge >= 0.3 is 0 Å². The highest BCUT2D eigenvalue weighted by Gasteiger charge is 2.01. The second-order valence-corrected chi connectivity index (χ2v) is 5.33. The van der Waals surface area contributed by atoms with Crippen LogP contribution >= 0.6 is 34.7 Å². The molecule has 0 fully saturated rings. The molecular weight excluding hydrogens is 238 g/mol. The summed E-state index contributed by atoms with van der Waals surface area (Å²) in [6, 6.07) is 3.88. The Labute approximate surface area is 95.3 Å². The van der Waals surface area contributed by atoms with E-state index in [1.165, 1.54) is 16.2 Å². The highest BCUT2D eigenvalue weighted by Crippen LogP contribution is 2.24. The smallest absolute Gasteiger partial charge is 0.183 e. The first kappa shape index (κ1) is 10.1. The summed E-state index contributed by atoms with van der Waals surface area (Å²) in [6.45, 7) is 0. The van der Waals surface area contributed by atoms with Crippen LogP contribution in [0.4, 0.5) is 0 Å². The Hall–Kier alpha value is -0.450. The van der Waals surface area contributed by atoms with Crippen LogP contribution in [0.15, 0.2) is 29.0 Å². The van der Waals surface area contributed by atoms with Crippen LogP contribution in [0.2, 0.25) is 4.47 Å². The van der Waals surface area contributed by atoms with Crippen molar-refractivity contribution in [3.8, 4) is 0 Å². The summed E-state index contributed by atoms with van der Waals surface area (Å²) in [5.41, 5.74) is 0. The first-order chi connectivity index (χ1) is 6.84. The zero-order valence-corrected chi connectivity index (χ0v) is 9.66. The first-order valence-corrected chi connectivity index (χ1v) is 6.40. The molecule has 0 aliphatic rings. The van der Waals surface area contributed by atoms with Gasteiger partial charge in [0.25, 0.3) is 0 Å². The normalized spacial score (nSPS) is 10.6. The minimum absolute atomic E-state index is 0.610. The second kappa shape index (κ2) is 4.87. The molecule has 0 aliphatic heterocycles. The molecule has 0 N–H and O–H groups in total. The van der Waals surface area contributed by atoms with E-state index >= 15 is 0 Å². The van der Waals surface area contributed by atoms with E-state index in [-0.39, 0.29) is 0 Å². The van der Waals surface area contributed by atoms with Crippen molar-refractivity contribution < 1.29 is 4.42 Å². The SMILES string of the molecule is Clc1ncc(CSCc2ccco2)s1. The quantitative estimate of drug-likeness (QED) is 0.819. The van der Waals surface area contributed by atoms with Crippen molar-refractivity contribution in [2.24, 2.45) is 0 Å². The van der Waals surface area contributed by atoms with Crippen LogP contribution in [0.3, 0.4) is 0 Å². The molecule has 2 aromatic rings. The van der Waals surface area contributed by atoms with E-state index in [2.05, 4.69) is 4.98 Å². The Balaban J connectivity index is 1.78. The Morgan fingerprint density at radius 2 is 2.43 bits per heavy atom. The Morgan fingerprint density at radius 1 is 1.50 bits per heavy atom. The predicted molar refractivity (Wildman–Crippen MR) is 60.8 cm³/mol. The largest absolute Gasteiger partial charge is 0.468 e. The van der Waals surface area contributed by atoms with Gasteiger partial charge < -0.3 is 4.42 Å². The van der Waals surface area contributed by atoms with Gasteiger partial charge in [-0.3, -0.25) is 0 Å². The maximum atomic E-state index is 5.72. The second-order valence-electron chi connectivity index (χ2n) is 2.65. The Kier molecular flexibility index (Phi) is 3.50. The molecule has 0 saturated carbocycles. The van der Waals surface area contributed by atoms with Gasteiger partial charge in [0, 0.05) is 16.8 Å². The molecule has 2 heterocycles. The zero-order chi connectivity index (χ0) is 9.80. The third-order valence-electron chi connectivity index (χ3n) is 1.59. The van der Waals surface area contributed by atoms with Crippen LogP contribution in [0.1, 0.15) is 10.6 Å². The molecule has 5 heteroatoms. The van der Waals surface area contributed by atoms with Crippen molar-refractivity contribution in [2.45, 2.75) is 11.5 Å². The number of hydrogen-bond acceptors (Lipinski definition) is 4. The molecule has 0 atom stereocenters.